The van der Waals surface area contributed by atoms with Gasteiger partial charge in [0.25, 0.3) is 10.0 Å². The number of likely N-dealkylation sites (tertiary alicyclic amines) is 1. The number of amides is 1. The van der Waals surface area contributed by atoms with Gasteiger partial charge in [-0.25, -0.2) is 17.2 Å². The number of carbonyl (C=O) groups excluding carboxylic acids is 1. The molecule has 1 fully saturated rings. The monoisotopic (exact) mass is 495 g/mol. The normalized spacial score (nSPS) is 29.0. The molecule has 0 bridgehead atoms. The van der Waals surface area contributed by atoms with Gasteiger partial charge in [0, 0.05) is 55.8 Å². The topological polar surface area (TPSA) is 102 Å². The van der Waals surface area contributed by atoms with Gasteiger partial charge in [-0.05, 0) is 18.6 Å². The maximum atomic E-state index is 14.5. The van der Waals surface area contributed by atoms with Gasteiger partial charge >= 0.3 is 12.1 Å². The van der Waals surface area contributed by atoms with Crippen LogP contribution in [0.4, 0.5) is 22.0 Å². The number of alkyl halides is 3. The number of rotatable bonds is 3. The van der Waals surface area contributed by atoms with Crippen molar-refractivity contribution in [3.63, 3.8) is 0 Å². The Labute approximate surface area is 186 Å². The van der Waals surface area contributed by atoms with E-state index in [9.17, 15) is 35.2 Å². The molecule has 182 valence electrons. The van der Waals surface area contributed by atoms with Crippen molar-refractivity contribution < 1.29 is 35.2 Å². The van der Waals surface area contributed by atoms with Gasteiger partial charge in [0.15, 0.2) is 0 Å². The van der Waals surface area contributed by atoms with Crippen LogP contribution in [0.3, 0.4) is 0 Å². The van der Waals surface area contributed by atoms with E-state index in [1.165, 1.54) is 6.20 Å². The first-order valence-electron chi connectivity index (χ1n) is 10.1. The third-order valence-electron chi connectivity index (χ3n) is 6.30. The highest BCUT2D eigenvalue weighted by atomic mass is 32.2. The molecule has 0 aromatic carbocycles. The standard InChI is InChI=1S/C19H22F5N5O3S/c1-33(31,32)29-7-10-6-27(9-16(10)26-29)12-5-15(25)17(13-4-11(20)2-3-14(13)21)28(8-12)18(30)19(22,23)24/h2-3,7,12-13,15,17H,4-6,8-9,25H2,1H3/t12?,13?,15?,17-/m1/s1. The number of hydrogen-bond acceptors (Lipinski definition) is 6. The van der Waals surface area contributed by atoms with Crippen LogP contribution in [0.1, 0.15) is 24.1 Å². The molecule has 2 N–H and O–H groups in total. The van der Waals surface area contributed by atoms with Crippen molar-refractivity contribution in [2.75, 3.05) is 12.8 Å². The molecule has 0 spiro atoms. The van der Waals surface area contributed by atoms with Crippen molar-refractivity contribution in [1.82, 2.24) is 19.0 Å². The first kappa shape index (κ1) is 23.8. The van der Waals surface area contributed by atoms with Crippen molar-refractivity contribution in [2.45, 2.75) is 50.2 Å². The molecule has 1 aliphatic carbocycles. The molecule has 3 aliphatic rings. The number of halogens is 5. The van der Waals surface area contributed by atoms with E-state index in [1.54, 1.807) is 4.90 Å². The average Bonchev–Trinajstić information content (AvgIpc) is 3.27. The minimum atomic E-state index is -5.22. The number of nitrogens with zero attached hydrogens (tertiary/aromatic N) is 4. The number of aromatic nitrogens is 2. The molecular weight excluding hydrogens is 473 g/mol. The van der Waals surface area contributed by atoms with Crippen molar-refractivity contribution in [3.05, 3.63) is 41.3 Å². The van der Waals surface area contributed by atoms with Crippen LogP contribution in [0.15, 0.2) is 30.0 Å². The number of piperidine rings is 1. The molecule has 14 heteroatoms. The predicted molar refractivity (Wildman–Crippen MR) is 106 cm³/mol. The molecule has 2 aliphatic heterocycles. The quantitative estimate of drug-likeness (QED) is 0.640. The van der Waals surface area contributed by atoms with Crippen LogP contribution < -0.4 is 5.73 Å². The summed E-state index contributed by atoms with van der Waals surface area (Å²) in [6, 6.07) is -3.03. The Balaban J connectivity index is 1.58. The lowest BCUT2D eigenvalue weighted by Crippen LogP contribution is -2.65. The van der Waals surface area contributed by atoms with Crippen molar-refractivity contribution >= 4 is 15.9 Å². The molecule has 1 amide bonds. The largest absolute Gasteiger partial charge is 0.471 e. The fourth-order valence-electron chi connectivity index (χ4n) is 4.80. The van der Waals surface area contributed by atoms with Crippen LogP contribution in [0, 0.1) is 5.92 Å². The number of carbonyl (C=O) groups is 1. The van der Waals surface area contributed by atoms with Gasteiger partial charge in [0.1, 0.15) is 11.7 Å². The number of hydrogen-bond donors (Lipinski definition) is 1. The Morgan fingerprint density at radius 1 is 1.21 bits per heavy atom. The number of allylic oxidation sites excluding steroid dienone is 3. The van der Waals surface area contributed by atoms with E-state index < -0.39 is 64.2 Å². The second-order valence-corrected chi connectivity index (χ2v) is 10.5. The zero-order valence-corrected chi connectivity index (χ0v) is 18.3. The van der Waals surface area contributed by atoms with Gasteiger partial charge < -0.3 is 10.6 Å². The lowest BCUT2D eigenvalue weighted by atomic mass is 9.80. The highest BCUT2D eigenvalue weighted by Gasteiger charge is 2.52. The van der Waals surface area contributed by atoms with Crippen LogP contribution >= 0.6 is 0 Å². The van der Waals surface area contributed by atoms with E-state index in [1.807, 2.05) is 0 Å². The van der Waals surface area contributed by atoms with E-state index in [0.29, 0.717) is 16.2 Å². The lowest BCUT2D eigenvalue weighted by Gasteiger charge is -2.48. The van der Waals surface area contributed by atoms with Gasteiger partial charge in [-0.1, -0.05) is 0 Å². The molecule has 3 unspecified atom stereocenters. The predicted octanol–water partition coefficient (Wildman–Crippen LogP) is 1.59. The Bertz CT molecular complexity index is 1110. The Kier molecular flexibility index (Phi) is 5.90. The SMILES string of the molecule is CS(=O)(=O)n1cc2c(n1)CN(C1CC(N)[C@@H](C3CC(F)=CC=C3F)N(C(=O)C(F)(F)F)C1)C2. The van der Waals surface area contributed by atoms with Crippen LogP contribution in [-0.2, 0) is 27.9 Å². The van der Waals surface area contributed by atoms with Crippen LogP contribution in [0.25, 0.3) is 0 Å². The lowest BCUT2D eigenvalue weighted by molar-refractivity contribution is -0.192. The summed E-state index contributed by atoms with van der Waals surface area (Å²) in [5.74, 6) is -5.01. The average molecular weight is 495 g/mol. The summed E-state index contributed by atoms with van der Waals surface area (Å²) in [4.78, 5) is 14.6. The van der Waals surface area contributed by atoms with E-state index in [0.717, 1.165) is 22.5 Å². The molecule has 3 heterocycles. The summed E-state index contributed by atoms with van der Waals surface area (Å²) in [5.41, 5.74) is 7.24. The second-order valence-electron chi connectivity index (χ2n) is 8.62. The van der Waals surface area contributed by atoms with E-state index in [2.05, 4.69) is 5.10 Å². The molecule has 1 aromatic rings. The zero-order chi connectivity index (χ0) is 24.3. The van der Waals surface area contributed by atoms with Gasteiger partial charge in [-0.2, -0.15) is 22.4 Å². The van der Waals surface area contributed by atoms with Crippen molar-refractivity contribution in [2.24, 2.45) is 11.7 Å². The smallest absolute Gasteiger partial charge is 0.328 e. The van der Waals surface area contributed by atoms with E-state index in [4.69, 9.17) is 5.73 Å². The third-order valence-corrected chi connectivity index (χ3v) is 7.16. The third kappa shape index (κ3) is 4.55. The van der Waals surface area contributed by atoms with Gasteiger partial charge in [-0.3, -0.25) is 9.69 Å². The van der Waals surface area contributed by atoms with Crippen molar-refractivity contribution in [1.29, 1.82) is 0 Å². The van der Waals surface area contributed by atoms with E-state index >= 15 is 0 Å². The van der Waals surface area contributed by atoms with Crippen LogP contribution in [-0.4, -0.2) is 70.4 Å². The molecule has 1 aromatic heterocycles. The van der Waals surface area contributed by atoms with Gasteiger partial charge in [-0.15, -0.1) is 0 Å². The molecule has 1 saturated heterocycles. The van der Waals surface area contributed by atoms with Crippen molar-refractivity contribution in [3.8, 4) is 0 Å². The minimum Gasteiger partial charge on any atom is -0.328 e. The molecule has 4 rings (SSSR count). The zero-order valence-electron chi connectivity index (χ0n) is 17.5. The summed E-state index contributed by atoms with van der Waals surface area (Å²) in [7, 11) is -3.58. The Hall–Kier alpha value is -2.32. The molecule has 0 saturated carbocycles. The Morgan fingerprint density at radius 3 is 2.52 bits per heavy atom. The maximum absolute atomic E-state index is 14.5. The second kappa shape index (κ2) is 8.17. The molecule has 4 atom stereocenters. The molecule has 8 nitrogen and oxygen atoms in total. The highest BCUT2D eigenvalue weighted by Crippen LogP contribution is 2.39. The van der Waals surface area contributed by atoms with Crippen LogP contribution in [0.5, 0.6) is 0 Å². The first-order valence-corrected chi connectivity index (χ1v) is 12.0. The fourth-order valence-corrected chi connectivity index (χ4v) is 5.37. The van der Waals surface area contributed by atoms with Gasteiger partial charge in [0.2, 0.25) is 0 Å². The van der Waals surface area contributed by atoms with Gasteiger partial charge in [0.05, 0.1) is 18.0 Å². The first-order chi connectivity index (χ1) is 15.3. The summed E-state index contributed by atoms with van der Waals surface area (Å²) in [5, 5.41) is 4.02. The molecule has 0 radical (unpaired) electrons. The van der Waals surface area contributed by atoms with Crippen LogP contribution in [0.2, 0.25) is 0 Å². The summed E-state index contributed by atoms with van der Waals surface area (Å²) >= 11 is 0. The van der Waals surface area contributed by atoms with E-state index in [-0.39, 0.29) is 26.1 Å². The maximum Gasteiger partial charge on any atom is 0.471 e. The summed E-state index contributed by atoms with van der Waals surface area (Å²) in [6.45, 7) is -0.0266. The molecule has 33 heavy (non-hydrogen) atoms. The Morgan fingerprint density at radius 2 is 1.91 bits per heavy atom. The summed E-state index contributed by atoms with van der Waals surface area (Å²) in [6.07, 6.45) is -1.49. The minimum absolute atomic E-state index is 0.137. The summed E-state index contributed by atoms with van der Waals surface area (Å²) < 4.78 is 92.7. The number of fused-ring (bicyclic) bond motifs is 1. The molecular formula is C19H22F5N5O3S. The number of nitrogens with two attached hydrogens (primary N) is 1. The highest BCUT2D eigenvalue weighted by molar-refractivity contribution is 7.89. The fraction of sp³-hybridized carbons (Fsp3) is 0.579.